The molecule has 4 rings (SSSR count). The second-order valence-electron chi connectivity index (χ2n) is 8.31. The summed E-state index contributed by atoms with van der Waals surface area (Å²) < 4.78 is 0. The lowest BCUT2D eigenvalue weighted by atomic mass is 9.68. The first-order valence-corrected chi connectivity index (χ1v) is 9.41. The summed E-state index contributed by atoms with van der Waals surface area (Å²) in [7, 11) is 2.13. The molecule has 1 aliphatic heterocycles. The Morgan fingerprint density at radius 2 is 1.88 bits per heavy atom. The van der Waals surface area contributed by atoms with Gasteiger partial charge in [-0.05, 0) is 56.9 Å². The van der Waals surface area contributed by atoms with Crippen molar-refractivity contribution in [3.05, 3.63) is 35.4 Å². The van der Waals surface area contributed by atoms with Gasteiger partial charge in [0, 0.05) is 24.0 Å². The maximum absolute atomic E-state index is 11.4. The second kappa shape index (κ2) is 6.10. The van der Waals surface area contributed by atoms with Crippen LogP contribution >= 0.6 is 0 Å². The standard InChI is InChI=1S/C20H30N2O2/c1-22(13-19(14-23)7-4-8-19)17-15-5-2-3-6-16(15)20(18(17)24)9-11-21-12-10-20/h2-3,5-6,17-18,21,23-24H,4,7-14H2,1H3/t17-,18+/m1/s1. The average Bonchev–Trinajstić information content (AvgIpc) is 2.81. The summed E-state index contributed by atoms with van der Waals surface area (Å²) in [6, 6.07) is 8.67. The van der Waals surface area contributed by atoms with E-state index in [1.807, 2.05) is 0 Å². The molecular weight excluding hydrogens is 300 g/mol. The van der Waals surface area contributed by atoms with Gasteiger partial charge in [0.1, 0.15) is 0 Å². The van der Waals surface area contributed by atoms with E-state index in [2.05, 4.69) is 41.5 Å². The molecule has 2 aliphatic carbocycles. The lowest BCUT2D eigenvalue weighted by Gasteiger charge is -2.46. The van der Waals surface area contributed by atoms with Crippen LogP contribution in [0.3, 0.4) is 0 Å². The molecule has 3 aliphatic rings. The number of aliphatic hydroxyl groups is 2. The maximum atomic E-state index is 11.4. The molecule has 1 aromatic carbocycles. The van der Waals surface area contributed by atoms with Crippen molar-refractivity contribution in [3.63, 3.8) is 0 Å². The highest BCUT2D eigenvalue weighted by Gasteiger charge is 2.53. The summed E-state index contributed by atoms with van der Waals surface area (Å²) in [4.78, 5) is 2.32. The van der Waals surface area contributed by atoms with Gasteiger partial charge in [-0.2, -0.15) is 0 Å². The van der Waals surface area contributed by atoms with Crippen molar-refractivity contribution in [2.75, 3.05) is 33.3 Å². The molecule has 1 saturated heterocycles. The summed E-state index contributed by atoms with van der Waals surface area (Å²) in [5.74, 6) is 0. The van der Waals surface area contributed by atoms with Gasteiger partial charge in [0.05, 0.1) is 12.1 Å². The first-order valence-electron chi connectivity index (χ1n) is 9.41. The van der Waals surface area contributed by atoms with E-state index in [1.54, 1.807) is 0 Å². The number of fused-ring (bicyclic) bond motifs is 2. The molecule has 1 heterocycles. The molecule has 3 N–H and O–H groups in total. The average molecular weight is 330 g/mol. The number of hydrogen-bond acceptors (Lipinski definition) is 4. The summed E-state index contributed by atoms with van der Waals surface area (Å²) in [6.07, 6.45) is 5.06. The van der Waals surface area contributed by atoms with Gasteiger partial charge in [-0.25, -0.2) is 0 Å². The van der Waals surface area contributed by atoms with Crippen molar-refractivity contribution in [2.45, 2.75) is 49.7 Å². The monoisotopic (exact) mass is 330 g/mol. The molecule has 132 valence electrons. The fraction of sp³-hybridized carbons (Fsp3) is 0.700. The molecule has 4 heteroatoms. The summed E-state index contributed by atoms with van der Waals surface area (Å²) in [6.45, 7) is 3.08. The minimum absolute atomic E-state index is 0.0447. The largest absolute Gasteiger partial charge is 0.396 e. The fourth-order valence-electron chi connectivity index (χ4n) is 5.43. The molecule has 0 amide bonds. The van der Waals surface area contributed by atoms with Crippen molar-refractivity contribution in [1.29, 1.82) is 0 Å². The van der Waals surface area contributed by atoms with E-state index in [0.717, 1.165) is 45.3 Å². The number of likely N-dealkylation sites (N-methyl/N-ethyl adjacent to an activating group) is 1. The van der Waals surface area contributed by atoms with Gasteiger partial charge >= 0.3 is 0 Å². The van der Waals surface area contributed by atoms with Crippen LogP contribution in [0.4, 0.5) is 0 Å². The van der Waals surface area contributed by atoms with Crippen LogP contribution < -0.4 is 5.32 Å². The predicted octanol–water partition coefficient (Wildman–Crippen LogP) is 1.82. The van der Waals surface area contributed by atoms with Gasteiger partial charge in [-0.3, -0.25) is 4.90 Å². The number of nitrogens with zero attached hydrogens (tertiary/aromatic N) is 1. The molecule has 0 radical (unpaired) electrons. The number of benzene rings is 1. The normalized spacial score (nSPS) is 30.3. The van der Waals surface area contributed by atoms with Gasteiger partial charge < -0.3 is 15.5 Å². The molecule has 0 unspecified atom stereocenters. The van der Waals surface area contributed by atoms with E-state index < -0.39 is 0 Å². The van der Waals surface area contributed by atoms with Gasteiger partial charge in [0.15, 0.2) is 0 Å². The van der Waals surface area contributed by atoms with Crippen molar-refractivity contribution < 1.29 is 10.2 Å². The molecule has 2 atom stereocenters. The van der Waals surface area contributed by atoms with Crippen LogP contribution in [0.2, 0.25) is 0 Å². The molecule has 24 heavy (non-hydrogen) atoms. The topological polar surface area (TPSA) is 55.7 Å². The molecule has 4 nitrogen and oxygen atoms in total. The fourth-order valence-corrected chi connectivity index (χ4v) is 5.43. The third-order valence-electron chi connectivity index (χ3n) is 6.99. The van der Waals surface area contributed by atoms with Crippen LogP contribution in [-0.2, 0) is 5.41 Å². The Balaban J connectivity index is 1.66. The highest BCUT2D eigenvalue weighted by molar-refractivity contribution is 5.45. The number of hydrogen-bond donors (Lipinski definition) is 3. The maximum Gasteiger partial charge on any atom is 0.0834 e. The van der Waals surface area contributed by atoms with E-state index in [-0.39, 0.29) is 29.6 Å². The number of nitrogens with one attached hydrogen (secondary N) is 1. The molecular formula is C20H30N2O2. The minimum Gasteiger partial charge on any atom is -0.396 e. The van der Waals surface area contributed by atoms with E-state index in [9.17, 15) is 10.2 Å². The number of rotatable bonds is 4. The predicted molar refractivity (Wildman–Crippen MR) is 95.0 cm³/mol. The molecule has 1 spiro atoms. The van der Waals surface area contributed by atoms with E-state index in [1.165, 1.54) is 17.5 Å². The Bertz CT molecular complexity index is 588. The zero-order chi connectivity index (χ0) is 16.8. The first-order chi connectivity index (χ1) is 11.6. The van der Waals surface area contributed by atoms with Crippen molar-refractivity contribution >= 4 is 0 Å². The first kappa shape index (κ1) is 16.5. The Morgan fingerprint density at radius 1 is 1.17 bits per heavy atom. The molecule has 2 fully saturated rings. The second-order valence-corrected chi connectivity index (χ2v) is 8.31. The van der Waals surface area contributed by atoms with Crippen LogP contribution in [0.15, 0.2) is 24.3 Å². The third-order valence-corrected chi connectivity index (χ3v) is 6.99. The van der Waals surface area contributed by atoms with Crippen LogP contribution in [0, 0.1) is 5.41 Å². The lowest BCUT2D eigenvalue weighted by molar-refractivity contribution is -0.0369. The van der Waals surface area contributed by atoms with E-state index in [4.69, 9.17) is 0 Å². The van der Waals surface area contributed by atoms with Crippen LogP contribution in [0.25, 0.3) is 0 Å². The molecule has 0 aromatic heterocycles. The molecule has 1 aromatic rings. The number of aliphatic hydroxyl groups excluding tert-OH is 2. The highest BCUT2D eigenvalue weighted by Crippen LogP contribution is 2.53. The van der Waals surface area contributed by atoms with Crippen LogP contribution in [0.1, 0.15) is 49.3 Å². The zero-order valence-electron chi connectivity index (χ0n) is 14.7. The smallest absolute Gasteiger partial charge is 0.0834 e. The van der Waals surface area contributed by atoms with Crippen molar-refractivity contribution in [3.8, 4) is 0 Å². The summed E-state index contributed by atoms with van der Waals surface area (Å²) in [5.41, 5.74) is 2.59. The Kier molecular flexibility index (Phi) is 4.20. The zero-order valence-corrected chi connectivity index (χ0v) is 14.7. The Morgan fingerprint density at radius 3 is 2.50 bits per heavy atom. The van der Waals surface area contributed by atoms with Crippen molar-refractivity contribution in [2.24, 2.45) is 5.41 Å². The third kappa shape index (κ3) is 2.35. The molecule has 0 bridgehead atoms. The Labute approximate surface area is 144 Å². The van der Waals surface area contributed by atoms with Crippen molar-refractivity contribution in [1.82, 2.24) is 10.2 Å². The summed E-state index contributed by atoms with van der Waals surface area (Å²) in [5, 5.41) is 24.7. The number of piperidine rings is 1. The van der Waals surface area contributed by atoms with Gasteiger partial charge in [-0.1, -0.05) is 30.7 Å². The Hall–Kier alpha value is -0.940. The van der Waals surface area contributed by atoms with E-state index in [0.29, 0.717) is 0 Å². The van der Waals surface area contributed by atoms with Crippen LogP contribution in [0.5, 0.6) is 0 Å². The minimum atomic E-state index is -0.363. The van der Waals surface area contributed by atoms with Gasteiger partial charge in [-0.15, -0.1) is 0 Å². The molecule has 1 saturated carbocycles. The lowest BCUT2D eigenvalue weighted by Crippen LogP contribution is -2.50. The summed E-state index contributed by atoms with van der Waals surface area (Å²) >= 11 is 0. The highest BCUT2D eigenvalue weighted by atomic mass is 16.3. The quantitative estimate of drug-likeness (QED) is 0.788. The van der Waals surface area contributed by atoms with Gasteiger partial charge in [0.25, 0.3) is 0 Å². The van der Waals surface area contributed by atoms with Gasteiger partial charge in [0.2, 0.25) is 0 Å². The van der Waals surface area contributed by atoms with Crippen LogP contribution in [-0.4, -0.2) is 54.5 Å². The van der Waals surface area contributed by atoms with E-state index >= 15 is 0 Å². The SMILES string of the molecule is CN(CC1(CO)CCC1)[C@@H]1c2ccccc2C2(CCNCC2)[C@H]1O.